The van der Waals surface area contributed by atoms with Crippen LogP contribution >= 0.6 is 34.7 Å². The summed E-state index contributed by atoms with van der Waals surface area (Å²) in [6, 6.07) is 6.07. The van der Waals surface area contributed by atoms with Crippen molar-refractivity contribution in [1.82, 2.24) is 10.9 Å². The van der Waals surface area contributed by atoms with E-state index in [1.807, 2.05) is 6.26 Å². The van der Waals surface area contributed by atoms with Crippen molar-refractivity contribution in [3.8, 4) is 0 Å². The van der Waals surface area contributed by atoms with Crippen molar-refractivity contribution in [3.63, 3.8) is 0 Å². The number of hydrogen-bond acceptors (Lipinski definition) is 5. The first-order valence-corrected chi connectivity index (χ1v) is 10.4. The van der Waals surface area contributed by atoms with E-state index in [9.17, 15) is 14.7 Å². The molecule has 0 radical (unpaired) electrons. The Labute approximate surface area is 164 Å². The molecule has 1 heterocycles. The number of hydrazine groups is 1. The van der Waals surface area contributed by atoms with Gasteiger partial charge in [-0.15, -0.1) is 23.1 Å². The van der Waals surface area contributed by atoms with Gasteiger partial charge in [0.25, 0.3) is 5.91 Å². The summed E-state index contributed by atoms with van der Waals surface area (Å²) in [5, 5.41) is 13.4. The van der Waals surface area contributed by atoms with Gasteiger partial charge in [-0.05, 0) is 55.3 Å². The van der Waals surface area contributed by atoms with Crippen LogP contribution in [0.25, 0.3) is 0 Å². The van der Waals surface area contributed by atoms with Gasteiger partial charge in [0.2, 0.25) is 0 Å². The van der Waals surface area contributed by atoms with E-state index in [4.69, 9.17) is 11.6 Å². The third-order valence-corrected chi connectivity index (χ3v) is 6.67. The molecule has 0 saturated heterocycles. The molecule has 26 heavy (non-hydrogen) atoms. The lowest BCUT2D eigenvalue weighted by atomic mass is 9.91. The maximum Gasteiger partial charge on any atom is 0.337 e. The number of nitrogens with one attached hydrogen (secondary N) is 3. The number of benzene rings is 1. The number of halogens is 1. The summed E-state index contributed by atoms with van der Waals surface area (Å²) in [6.45, 7) is 0. The summed E-state index contributed by atoms with van der Waals surface area (Å²) in [7, 11) is 0. The van der Waals surface area contributed by atoms with Gasteiger partial charge in [-0.2, -0.15) is 0 Å². The van der Waals surface area contributed by atoms with E-state index in [1.54, 1.807) is 24.3 Å². The summed E-state index contributed by atoms with van der Waals surface area (Å²) < 4.78 is 0.947. The first-order chi connectivity index (χ1) is 12.5. The Morgan fingerprint density at radius 2 is 2.00 bits per heavy atom. The number of anilines is 1. The Morgan fingerprint density at radius 3 is 2.69 bits per heavy atom. The number of carbonyl (C=O) groups excluding carboxylic acids is 2. The van der Waals surface area contributed by atoms with Gasteiger partial charge in [0.15, 0.2) is 0 Å². The van der Waals surface area contributed by atoms with E-state index in [0.29, 0.717) is 22.0 Å². The fourth-order valence-electron chi connectivity index (χ4n) is 2.86. The minimum atomic E-state index is -0.559. The highest BCUT2D eigenvalue weighted by Gasteiger charge is 2.29. The van der Waals surface area contributed by atoms with Crippen LogP contribution in [0.15, 0.2) is 28.5 Å². The number of hydrogen-bond donors (Lipinski definition) is 4. The van der Waals surface area contributed by atoms with Gasteiger partial charge in [-0.1, -0.05) is 11.6 Å². The van der Waals surface area contributed by atoms with Gasteiger partial charge in [0, 0.05) is 16.3 Å². The van der Waals surface area contributed by atoms with Crippen LogP contribution in [0.3, 0.4) is 0 Å². The smallest absolute Gasteiger partial charge is 0.337 e. The van der Waals surface area contributed by atoms with Crippen molar-refractivity contribution in [2.75, 3.05) is 11.6 Å². The SMILES string of the molecule is CSc1sc(C(=O)NNC(=O)Nc2ccc(Cl)cc2)c2c1C(O)CCC2. The lowest BCUT2D eigenvalue weighted by Gasteiger charge is -2.19. The molecule has 1 aromatic carbocycles. The Morgan fingerprint density at radius 1 is 1.27 bits per heavy atom. The highest BCUT2D eigenvalue weighted by molar-refractivity contribution is 8.00. The first kappa shape index (κ1) is 19.0. The molecule has 1 atom stereocenters. The van der Waals surface area contributed by atoms with Gasteiger partial charge in [-0.3, -0.25) is 10.2 Å². The van der Waals surface area contributed by atoms with E-state index in [0.717, 1.165) is 28.2 Å². The molecule has 0 bridgehead atoms. The molecule has 1 aromatic heterocycles. The van der Waals surface area contributed by atoms with Crippen LogP contribution in [0.5, 0.6) is 0 Å². The third kappa shape index (κ3) is 4.15. The molecule has 3 amide bonds. The summed E-state index contributed by atoms with van der Waals surface area (Å²) in [5.41, 5.74) is 7.08. The quantitative estimate of drug-likeness (QED) is 0.454. The molecule has 1 aliphatic rings. The number of aliphatic hydroxyl groups excluding tert-OH is 1. The Hall–Kier alpha value is -1.74. The minimum absolute atomic E-state index is 0.382. The zero-order chi connectivity index (χ0) is 18.7. The molecule has 2 aromatic rings. The van der Waals surface area contributed by atoms with Crippen LogP contribution in [0.2, 0.25) is 5.02 Å². The van der Waals surface area contributed by atoms with Gasteiger partial charge in [0.05, 0.1) is 15.2 Å². The van der Waals surface area contributed by atoms with Crippen molar-refractivity contribution in [1.29, 1.82) is 0 Å². The maximum absolute atomic E-state index is 12.5. The third-order valence-electron chi connectivity index (χ3n) is 4.03. The number of thiophene rings is 1. The van der Waals surface area contributed by atoms with Crippen LogP contribution < -0.4 is 16.2 Å². The molecule has 3 rings (SSSR count). The number of thioether (sulfide) groups is 1. The van der Waals surface area contributed by atoms with Crippen LogP contribution in [0.4, 0.5) is 10.5 Å². The van der Waals surface area contributed by atoms with E-state index in [2.05, 4.69) is 16.2 Å². The largest absolute Gasteiger partial charge is 0.388 e. The second kappa shape index (κ2) is 8.30. The van der Waals surface area contributed by atoms with Crippen molar-refractivity contribution in [2.24, 2.45) is 0 Å². The second-order valence-corrected chi connectivity index (χ2v) is 8.30. The normalized spacial score (nSPS) is 15.9. The van der Waals surface area contributed by atoms with Crippen LogP contribution in [0, 0.1) is 0 Å². The predicted octanol–water partition coefficient (Wildman–Crippen LogP) is 3.96. The van der Waals surface area contributed by atoms with Gasteiger partial charge < -0.3 is 10.4 Å². The summed E-state index contributed by atoms with van der Waals surface area (Å²) >= 11 is 8.67. The molecule has 4 N–H and O–H groups in total. The topological polar surface area (TPSA) is 90.5 Å². The lowest BCUT2D eigenvalue weighted by molar-refractivity contribution is 0.0940. The average molecular weight is 412 g/mol. The Balaban J connectivity index is 1.65. The van der Waals surface area contributed by atoms with E-state index < -0.39 is 12.1 Å². The first-order valence-electron chi connectivity index (χ1n) is 8.00. The molecule has 0 aliphatic heterocycles. The molecule has 6 nitrogen and oxygen atoms in total. The molecule has 0 spiro atoms. The van der Waals surface area contributed by atoms with E-state index in [1.165, 1.54) is 23.1 Å². The summed E-state index contributed by atoms with van der Waals surface area (Å²) in [6.07, 6.45) is 3.69. The number of aliphatic hydroxyl groups is 1. The monoisotopic (exact) mass is 411 g/mol. The van der Waals surface area contributed by atoms with Gasteiger partial charge >= 0.3 is 6.03 Å². The number of carbonyl (C=O) groups is 2. The molecule has 9 heteroatoms. The van der Waals surface area contributed by atoms with Crippen molar-refractivity contribution < 1.29 is 14.7 Å². The van der Waals surface area contributed by atoms with E-state index >= 15 is 0 Å². The van der Waals surface area contributed by atoms with E-state index in [-0.39, 0.29) is 5.91 Å². The number of rotatable bonds is 3. The zero-order valence-corrected chi connectivity index (χ0v) is 16.4. The molecule has 1 aliphatic carbocycles. The lowest BCUT2D eigenvalue weighted by Crippen LogP contribution is -2.44. The zero-order valence-electron chi connectivity index (χ0n) is 14.0. The van der Waals surface area contributed by atoms with Crippen molar-refractivity contribution in [2.45, 2.75) is 29.6 Å². The molecule has 0 saturated carbocycles. The number of amides is 3. The average Bonchev–Trinajstić information content (AvgIpc) is 3.02. The molecule has 0 fully saturated rings. The van der Waals surface area contributed by atoms with Crippen LogP contribution in [0.1, 0.15) is 39.7 Å². The van der Waals surface area contributed by atoms with Crippen molar-refractivity contribution >= 4 is 52.3 Å². The Bertz CT molecular complexity index is 823. The van der Waals surface area contributed by atoms with Crippen LogP contribution in [-0.4, -0.2) is 23.3 Å². The van der Waals surface area contributed by atoms with Crippen LogP contribution in [-0.2, 0) is 6.42 Å². The summed E-state index contributed by atoms with van der Waals surface area (Å²) in [4.78, 5) is 25.0. The molecular weight excluding hydrogens is 394 g/mol. The standard InChI is InChI=1S/C17H18ClN3O3S2/c1-25-16-13-11(3-2-4-12(13)22)14(26-16)15(23)20-21-17(24)19-10-7-5-9(18)6-8-10/h5-8,12,22H,2-4H2,1H3,(H,20,23)(H2,19,21,24). The van der Waals surface area contributed by atoms with Crippen molar-refractivity contribution in [3.05, 3.63) is 45.3 Å². The minimum Gasteiger partial charge on any atom is -0.388 e. The fraction of sp³-hybridized carbons (Fsp3) is 0.294. The fourth-order valence-corrected chi connectivity index (χ4v) is 5.08. The maximum atomic E-state index is 12.5. The molecular formula is C17H18ClN3O3S2. The summed E-state index contributed by atoms with van der Waals surface area (Å²) in [5.74, 6) is -0.382. The van der Waals surface area contributed by atoms with Gasteiger partial charge in [0.1, 0.15) is 0 Å². The number of urea groups is 1. The highest BCUT2D eigenvalue weighted by atomic mass is 35.5. The molecule has 1 unspecified atom stereocenters. The highest BCUT2D eigenvalue weighted by Crippen LogP contribution is 2.43. The van der Waals surface area contributed by atoms with Gasteiger partial charge in [-0.25, -0.2) is 10.2 Å². The second-order valence-electron chi connectivity index (χ2n) is 5.76. The predicted molar refractivity (Wildman–Crippen MR) is 105 cm³/mol. The Kier molecular flexibility index (Phi) is 6.08. The number of fused-ring (bicyclic) bond motifs is 1. The molecule has 138 valence electrons.